The summed E-state index contributed by atoms with van der Waals surface area (Å²) in [7, 11) is 0. The highest BCUT2D eigenvalue weighted by Crippen LogP contribution is 2.23. The third-order valence-corrected chi connectivity index (χ3v) is 3.73. The predicted octanol–water partition coefficient (Wildman–Crippen LogP) is 3.02. The number of nitrogens with one attached hydrogen (secondary N) is 1. The highest BCUT2D eigenvalue weighted by Gasteiger charge is 2.19. The summed E-state index contributed by atoms with van der Waals surface area (Å²) < 4.78 is 1.50. The Hall–Kier alpha value is -2.62. The number of aryl methyl sites for hydroxylation is 1. The van der Waals surface area contributed by atoms with Crippen molar-refractivity contribution in [2.24, 2.45) is 0 Å². The first-order valence-electron chi connectivity index (χ1n) is 6.96. The van der Waals surface area contributed by atoms with Crippen molar-refractivity contribution in [1.82, 2.24) is 14.8 Å². The lowest BCUT2D eigenvalue weighted by Gasteiger charge is -2.09. The Morgan fingerprint density at radius 2 is 1.81 bits per heavy atom. The summed E-state index contributed by atoms with van der Waals surface area (Å²) in [5.41, 5.74) is 2.75. The molecule has 0 saturated heterocycles. The molecule has 2 heterocycles. The first-order chi connectivity index (χ1) is 10.2. The van der Waals surface area contributed by atoms with Gasteiger partial charge in [0.05, 0.1) is 0 Å². The Morgan fingerprint density at radius 1 is 1.10 bits per heavy atom. The average Bonchev–Trinajstić information content (AvgIpc) is 2.83. The average molecular weight is 279 g/mol. The van der Waals surface area contributed by atoms with Crippen LogP contribution < -0.4 is 5.56 Å². The van der Waals surface area contributed by atoms with E-state index in [-0.39, 0.29) is 11.5 Å². The lowest BCUT2D eigenvalue weighted by molar-refractivity contribution is 0.804. The number of aromatic amines is 1. The molecule has 1 atom stereocenters. The Labute approximate surface area is 123 Å². The normalized spacial score (nSPS) is 12.3. The summed E-state index contributed by atoms with van der Waals surface area (Å²) in [6.07, 6.45) is 1.68. The molecule has 0 amide bonds. The Bertz CT molecular complexity index is 788. The molecular formula is C17H17N3O. The maximum atomic E-state index is 12.7. The van der Waals surface area contributed by atoms with E-state index in [9.17, 15) is 4.79 Å². The van der Waals surface area contributed by atoms with Gasteiger partial charge in [-0.1, -0.05) is 43.3 Å². The van der Waals surface area contributed by atoms with Crippen LogP contribution in [0.3, 0.4) is 0 Å². The van der Waals surface area contributed by atoms with Gasteiger partial charge in [0.1, 0.15) is 0 Å². The van der Waals surface area contributed by atoms with Gasteiger partial charge < -0.3 is 0 Å². The van der Waals surface area contributed by atoms with Crippen LogP contribution in [0.1, 0.15) is 29.7 Å². The van der Waals surface area contributed by atoms with E-state index in [1.54, 1.807) is 6.20 Å². The molecule has 0 spiro atoms. The van der Waals surface area contributed by atoms with Gasteiger partial charge in [0.15, 0.2) is 5.82 Å². The van der Waals surface area contributed by atoms with Crippen LogP contribution in [0.5, 0.6) is 0 Å². The fourth-order valence-electron chi connectivity index (χ4n) is 2.63. The van der Waals surface area contributed by atoms with Crippen LogP contribution in [0.4, 0.5) is 0 Å². The number of H-pyrrole nitrogens is 1. The topological polar surface area (TPSA) is 50.7 Å². The first kappa shape index (κ1) is 13.4. The van der Waals surface area contributed by atoms with E-state index in [1.165, 1.54) is 4.68 Å². The molecule has 0 saturated carbocycles. The van der Waals surface area contributed by atoms with E-state index >= 15 is 0 Å². The van der Waals surface area contributed by atoms with Gasteiger partial charge in [-0.05, 0) is 24.6 Å². The molecule has 3 rings (SSSR count). The van der Waals surface area contributed by atoms with Crippen LogP contribution >= 0.6 is 0 Å². The van der Waals surface area contributed by atoms with Gasteiger partial charge in [-0.2, -0.15) is 0 Å². The van der Waals surface area contributed by atoms with Crippen LogP contribution in [-0.2, 0) is 0 Å². The number of hydrogen-bond acceptors (Lipinski definition) is 2. The molecule has 0 radical (unpaired) electrons. The zero-order chi connectivity index (χ0) is 14.8. The minimum Gasteiger partial charge on any atom is -0.294 e. The number of benzene rings is 1. The van der Waals surface area contributed by atoms with Gasteiger partial charge in [-0.3, -0.25) is 9.89 Å². The molecule has 3 aromatic rings. The number of hydrogen-bond donors (Lipinski definition) is 1. The summed E-state index contributed by atoms with van der Waals surface area (Å²) in [5, 5.41) is 3.12. The van der Waals surface area contributed by atoms with Crippen LogP contribution in [0.2, 0.25) is 0 Å². The fraction of sp³-hybridized carbons (Fsp3) is 0.176. The molecule has 4 heteroatoms. The summed E-state index contributed by atoms with van der Waals surface area (Å²) >= 11 is 0. The molecule has 1 unspecified atom stereocenters. The number of rotatable bonds is 3. The fourth-order valence-corrected chi connectivity index (χ4v) is 2.63. The lowest BCUT2D eigenvalue weighted by atomic mass is 9.94. The van der Waals surface area contributed by atoms with E-state index in [2.05, 4.69) is 17.0 Å². The third kappa shape index (κ3) is 2.40. The molecule has 1 N–H and O–H groups in total. The van der Waals surface area contributed by atoms with Crippen molar-refractivity contribution < 1.29 is 0 Å². The van der Waals surface area contributed by atoms with Crippen molar-refractivity contribution in [3.63, 3.8) is 0 Å². The minimum atomic E-state index is -0.0393. The van der Waals surface area contributed by atoms with Crippen molar-refractivity contribution in [3.05, 3.63) is 81.9 Å². The van der Waals surface area contributed by atoms with Gasteiger partial charge in [-0.15, -0.1) is 0 Å². The van der Waals surface area contributed by atoms with E-state index in [0.717, 1.165) is 16.8 Å². The minimum absolute atomic E-state index is 0.0393. The van der Waals surface area contributed by atoms with Crippen molar-refractivity contribution in [1.29, 1.82) is 0 Å². The van der Waals surface area contributed by atoms with E-state index in [1.807, 2.05) is 55.5 Å². The summed E-state index contributed by atoms with van der Waals surface area (Å²) in [5.74, 6) is 0.650. The van der Waals surface area contributed by atoms with Crippen LogP contribution in [0, 0.1) is 6.92 Å². The summed E-state index contributed by atoms with van der Waals surface area (Å²) in [6.45, 7) is 3.98. The second kappa shape index (κ2) is 5.40. The van der Waals surface area contributed by atoms with Crippen molar-refractivity contribution in [3.8, 4) is 5.82 Å². The van der Waals surface area contributed by atoms with Crippen LogP contribution in [0.15, 0.2) is 59.5 Å². The maximum absolute atomic E-state index is 12.7. The smallest absolute Gasteiger partial charge is 0.276 e. The van der Waals surface area contributed by atoms with E-state index in [0.29, 0.717) is 5.82 Å². The molecule has 0 bridgehead atoms. The lowest BCUT2D eigenvalue weighted by Crippen LogP contribution is -2.19. The highest BCUT2D eigenvalue weighted by atomic mass is 16.1. The molecule has 0 fully saturated rings. The number of aromatic nitrogens is 3. The second-order valence-corrected chi connectivity index (χ2v) is 5.11. The number of pyridine rings is 1. The zero-order valence-corrected chi connectivity index (χ0v) is 12.1. The molecule has 2 aromatic heterocycles. The Kier molecular flexibility index (Phi) is 3.44. The second-order valence-electron chi connectivity index (χ2n) is 5.11. The molecule has 1 aromatic carbocycles. The standard InChI is InChI=1S/C17H17N3O/c1-12(14-8-4-3-5-9-14)16-13(2)19-20(17(16)21)15-10-6-7-11-18-15/h3-12,19H,1-2H3. The van der Waals surface area contributed by atoms with E-state index in [4.69, 9.17) is 0 Å². The summed E-state index contributed by atoms with van der Waals surface area (Å²) in [4.78, 5) is 16.9. The van der Waals surface area contributed by atoms with Crippen LogP contribution in [0.25, 0.3) is 5.82 Å². The summed E-state index contributed by atoms with van der Waals surface area (Å²) in [6, 6.07) is 15.6. The quantitative estimate of drug-likeness (QED) is 0.801. The third-order valence-electron chi connectivity index (χ3n) is 3.73. The van der Waals surface area contributed by atoms with Gasteiger partial charge in [-0.25, -0.2) is 9.67 Å². The molecule has 4 nitrogen and oxygen atoms in total. The maximum Gasteiger partial charge on any atom is 0.276 e. The SMILES string of the molecule is Cc1[nH]n(-c2ccccn2)c(=O)c1C(C)c1ccccc1. The van der Waals surface area contributed by atoms with Gasteiger partial charge in [0, 0.05) is 23.4 Å². The largest absolute Gasteiger partial charge is 0.294 e. The van der Waals surface area contributed by atoms with Crippen molar-refractivity contribution in [2.45, 2.75) is 19.8 Å². The molecule has 21 heavy (non-hydrogen) atoms. The molecule has 0 aliphatic rings. The molecule has 0 aliphatic carbocycles. The van der Waals surface area contributed by atoms with Gasteiger partial charge in [0.2, 0.25) is 0 Å². The molecular weight excluding hydrogens is 262 g/mol. The Morgan fingerprint density at radius 3 is 2.48 bits per heavy atom. The molecule has 106 valence electrons. The van der Waals surface area contributed by atoms with Crippen LogP contribution in [-0.4, -0.2) is 14.8 Å². The van der Waals surface area contributed by atoms with Crippen molar-refractivity contribution in [2.75, 3.05) is 0 Å². The predicted molar refractivity (Wildman–Crippen MR) is 82.9 cm³/mol. The molecule has 0 aliphatic heterocycles. The van der Waals surface area contributed by atoms with Crippen molar-refractivity contribution >= 4 is 0 Å². The Balaban J connectivity index is 2.09. The van der Waals surface area contributed by atoms with Gasteiger partial charge >= 0.3 is 0 Å². The van der Waals surface area contributed by atoms with E-state index < -0.39 is 0 Å². The van der Waals surface area contributed by atoms with Gasteiger partial charge in [0.25, 0.3) is 5.56 Å². The monoisotopic (exact) mass is 279 g/mol. The number of nitrogens with zero attached hydrogens (tertiary/aromatic N) is 2. The first-order valence-corrected chi connectivity index (χ1v) is 6.96. The zero-order valence-electron chi connectivity index (χ0n) is 12.1. The highest BCUT2D eigenvalue weighted by molar-refractivity contribution is 5.35.